The number of thiazole rings is 1. The van der Waals surface area contributed by atoms with Gasteiger partial charge >= 0.3 is 0 Å². The molecular formula is C15H19N3S. The third kappa shape index (κ3) is 2.47. The van der Waals surface area contributed by atoms with Crippen LogP contribution in [0.25, 0.3) is 10.2 Å². The summed E-state index contributed by atoms with van der Waals surface area (Å²) >= 11 is 1.83. The van der Waals surface area contributed by atoms with Gasteiger partial charge in [-0.05, 0) is 37.8 Å². The minimum Gasteiger partial charge on any atom is -0.348 e. The molecule has 1 N–H and O–H groups in total. The number of nitrogens with zero attached hydrogens (tertiary/aromatic N) is 2. The molecule has 1 saturated heterocycles. The molecule has 0 unspecified atom stereocenters. The third-order valence-corrected chi connectivity index (χ3v) is 5.19. The Labute approximate surface area is 117 Å². The van der Waals surface area contributed by atoms with E-state index in [1.165, 1.54) is 35.5 Å². The lowest BCUT2D eigenvalue weighted by atomic mass is 10.1. The van der Waals surface area contributed by atoms with E-state index in [0.717, 1.165) is 30.7 Å². The fourth-order valence-corrected chi connectivity index (χ4v) is 3.83. The van der Waals surface area contributed by atoms with Crippen molar-refractivity contribution >= 4 is 26.7 Å². The summed E-state index contributed by atoms with van der Waals surface area (Å²) in [7, 11) is 0. The zero-order valence-electron chi connectivity index (χ0n) is 11.0. The quantitative estimate of drug-likeness (QED) is 0.931. The number of anilines is 1. The molecule has 4 heteroatoms. The highest BCUT2D eigenvalue weighted by molar-refractivity contribution is 7.22. The van der Waals surface area contributed by atoms with Crippen molar-refractivity contribution in [1.29, 1.82) is 0 Å². The van der Waals surface area contributed by atoms with Gasteiger partial charge in [0.2, 0.25) is 0 Å². The van der Waals surface area contributed by atoms with Crippen LogP contribution in [0, 0.1) is 0 Å². The first-order chi connectivity index (χ1) is 9.38. The molecule has 1 aliphatic carbocycles. The summed E-state index contributed by atoms with van der Waals surface area (Å²) in [6, 6.07) is 10.00. The Kier molecular flexibility index (Phi) is 2.93. The van der Waals surface area contributed by atoms with Crippen molar-refractivity contribution in [1.82, 2.24) is 10.3 Å². The van der Waals surface area contributed by atoms with Crippen LogP contribution in [0.3, 0.4) is 0 Å². The van der Waals surface area contributed by atoms with Crippen LogP contribution < -0.4 is 10.2 Å². The lowest BCUT2D eigenvalue weighted by Crippen LogP contribution is -2.43. The van der Waals surface area contributed by atoms with Crippen molar-refractivity contribution in [3.05, 3.63) is 24.3 Å². The molecule has 1 saturated carbocycles. The third-order valence-electron chi connectivity index (χ3n) is 4.10. The average Bonchev–Trinajstić information content (AvgIpc) is 3.15. The van der Waals surface area contributed by atoms with Gasteiger partial charge in [0, 0.05) is 25.2 Å². The van der Waals surface area contributed by atoms with Crippen LogP contribution in [0.2, 0.25) is 0 Å². The summed E-state index contributed by atoms with van der Waals surface area (Å²) in [5.41, 5.74) is 1.14. The highest BCUT2D eigenvalue weighted by atomic mass is 32.1. The number of fused-ring (bicyclic) bond motifs is 1. The van der Waals surface area contributed by atoms with Crippen LogP contribution in [0.5, 0.6) is 0 Å². The van der Waals surface area contributed by atoms with Gasteiger partial charge in [-0.1, -0.05) is 23.5 Å². The maximum absolute atomic E-state index is 4.76. The van der Waals surface area contributed by atoms with E-state index in [0.29, 0.717) is 0 Å². The van der Waals surface area contributed by atoms with E-state index in [9.17, 15) is 0 Å². The van der Waals surface area contributed by atoms with E-state index >= 15 is 0 Å². The molecule has 0 bridgehead atoms. The lowest BCUT2D eigenvalue weighted by Gasteiger charge is -2.32. The summed E-state index contributed by atoms with van der Waals surface area (Å²) in [5, 5.41) is 4.95. The largest absolute Gasteiger partial charge is 0.348 e. The van der Waals surface area contributed by atoms with Crippen LogP contribution in [0.1, 0.15) is 25.7 Å². The van der Waals surface area contributed by atoms with E-state index in [1.54, 1.807) is 0 Å². The second-order valence-corrected chi connectivity index (χ2v) is 6.68. The summed E-state index contributed by atoms with van der Waals surface area (Å²) in [6.07, 6.45) is 5.29. The zero-order valence-corrected chi connectivity index (χ0v) is 11.8. The number of para-hydroxylation sites is 1. The van der Waals surface area contributed by atoms with Gasteiger partial charge in [0.15, 0.2) is 5.13 Å². The Hall–Kier alpha value is -1.13. The predicted octanol–water partition coefficient (Wildman–Crippen LogP) is 3.02. The van der Waals surface area contributed by atoms with E-state index in [-0.39, 0.29) is 0 Å². The first kappa shape index (κ1) is 11.7. The lowest BCUT2D eigenvalue weighted by molar-refractivity contribution is 0.413. The van der Waals surface area contributed by atoms with Crippen LogP contribution in [-0.2, 0) is 0 Å². The number of nitrogens with one attached hydrogen (secondary N) is 1. The van der Waals surface area contributed by atoms with Gasteiger partial charge in [-0.15, -0.1) is 0 Å². The fourth-order valence-electron chi connectivity index (χ4n) is 2.82. The molecule has 2 aliphatic rings. The molecule has 4 rings (SSSR count). The van der Waals surface area contributed by atoms with Crippen LogP contribution in [0.4, 0.5) is 5.13 Å². The van der Waals surface area contributed by atoms with Gasteiger partial charge in [-0.25, -0.2) is 4.98 Å². The topological polar surface area (TPSA) is 28.2 Å². The van der Waals surface area contributed by atoms with Crippen molar-refractivity contribution in [2.24, 2.45) is 0 Å². The van der Waals surface area contributed by atoms with Crippen molar-refractivity contribution < 1.29 is 0 Å². The molecule has 3 nitrogen and oxygen atoms in total. The number of hydrogen-bond acceptors (Lipinski definition) is 4. The maximum Gasteiger partial charge on any atom is 0.186 e. The minimum absolute atomic E-state index is 0.734. The number of piperidine rings is 1. The summed E-state index contributed by atoms with van der Waals surface area (Å²) < 4.78 is 1.30. The van der Waals surface area contributed by atoms with E-state index in [4.69, 9.17) is 4.98 Å². The Balaban J connectivity index is 1.45. The molecule has 2 aromatic rings. The summed E-state index contributed by atoms with van der Waals surface area (Å²) in [4.78, 5) is 7.21. The predicted molar refractivity (Wildman–Crippen MR) is 81.0 cm³/mol. The van der Waals surface area contributed by atoms with Gasteiger partial charge in [-0.2, -0.15) is 0 Å². The molecule has 1 aliphatic heterocycles. The number of benzene rings is 1. The van der Waals surface area contributed by atoms with Crippen LogP contribution >= 0.6 is 11.3 Å². The highest BCUT2D eigenvalue weighted by Crippen LogP contribution is 2.30. The van der Waals surface area contributed by atoms with Crippen molar-refractivity contribution in [3.63, 3.8) is 0 Å². The average molecular weight is 273 g/mol. The molecule has 2 fully saturated rings. The summed E-state index contributed by atoms with van der Waals surface area (Å²) in [5.74, 6) is 0. The molecule has 2 heterocycles. The smallest absolute Gasteiger partial charge is 0.186 e. The molecule has 1 aromatic carbocycles. The van der Waals surface area contributed by atoms with E-state index in [1.807, 2.05) is 11.3 Å². The molecular weight excluding hydrogens is 254 g/mol. The fraction of sp³-hybridized carbons (Fsp3) is 0.533. The van der Waals surface area contributed by atoms with Gasteiger partial charge in [0.25, 0.3) is 0 Å². The molecule has 0 atom stereocenters. The van der Waals surface area contributed by atoms with Gasteiger partial charge in [-0.3, -0.25) is 0 Å². The SMILES string of the molecule is c1ccc2sc(N3CCC(NC4CC4)CC3)nc2c1. The Morgan fingerprint density at radius 2 is 1.79 bits per heavy atom. The molecule has 0 spiro atoms. The molecule has 0 amide bonds. The standard InChI is InChI=1S/C15H19N3S/c1-2-4-14-13(3-1)17-15(19-14)18-9-7-12(8-10-18)16-11-5-6-11/h1-4,11-12,16H,5-10H2. The minimum atomic E-state index is 0.734. The van der Waals surface area contributed by atoms with Gasteiger partial charge in [0.05, 0.1) is 10.2 Å². The van der Waals surface area contributed by atoms with E-state index < -0.39 is 0 Å². The van der Waals surface area contributed by atoms with Crippen molar-refractivity contribution in [2.45, 2.75) is 37.8 Å². The first-order valence-electron chi connectivity index (χ1n) is 7.25. The molecule has 0 radical (unpaired) electrons. The molecule has 100 valence electrons. The first-order valence-corrected chi connectivity index (χ1v) is 8.07. The van der Waals surface area contributed by atoms with Crippen molar-refractivity contribution in [2.75, 3.05) is 18.0 Å². The highest BCUT2D eigenvalue weighted by Gasteiger charge is 2.27. The summed E-state index contributed by atoms with van der Waals surface area (Å²) in [6.45, 7) is 2.29. The molecule has 1 aromatic heterocycles. The monoisotopic (exact) mass is 273 g/mol. The number of rotatable bonds is 3. The van der Waals surface area contributed by atoms with Crippen LogP contribution in [0.15, 0.2) is 24.3 Å². The Morgan fingerprint density at radius 1 is 1.05 bits per heavy atom. The maximum atomic E-state index is 4.76. The van der Waals surface area contributed by atoms with Crippen LogP contribution in [-0.4, -0.2) is 30.2 Å². The van der Waals surface area contributed by atoms with Crippen molar-refractivity contribution in [3.8, 4) is 0 Å². The Bertz CT molecular complexity index is 535. The van der Waals surface area contributed by atoms with Gasteiger partial charge < -0.3 is 10.2 Å². The Morgan fingerprint density at radius 3 is 2.53 bits per heavy atom. The number of hydrogen-bond donors (Lipinski definition) is 1. The normalized spacial score (nSPS) is 21.2. The second kappa shape index (κ2) is 4.76. The second-order valence-electron chi connectivity index (χ2n) is 5.67. The number of aromatic nitrogens is 1. The molecule has 19 heavy (non-hydrogen) atoms. The van der Waals surface area contributed by atoms with E-state index in [2.05, 4.69) is 34.5 Å². The zero-order chi connectivity index (χ0) is 12.7. The van der Waals surface area contributed by atoms with Gasteiger partial charge in [0.1, 0.15) is 0 Å².